The lowest BCUT2D eigenvalue weighted by molar-refractivity contribution is -0.141. The van der Waals surface area contributed by atoms with E-state index in [4.69, 9.17) is 15.3 Å². The molecule has 8 nitrogen and oxygen atoms in total. The molecule has 0 aliphatic carbocycles. The zero-order valence-corrected chi connectivity index (χ0v) is 11.3. The fourth-order valence-electron chi connectivity index (χ4n) is 2.42. The first-order valence-electron chi connectivity index (χ1n) is 6.41. The summed E-state index contributed by atoms with van der Waals surface area (Å²) >= 11 is 0. The Morgan fingerprint density at radius 3 is 2.18 bits per heavy atom. The minimum atomic E-state index is -1.29. The number of likely N-dealkylation sites (tertiary alicyclic amines) is 1. The molecule has 1 amide bonds. The monoisotopic (exact) mass is 307 g/mol. The van der Waals surface area contributed by atoms with Crippen LogP contribution in [0.15, 0.2) is 24.3 Å². The molecule has 1 fully saturated rings. The maximum absolute atomic E-state index is 12.4. The molecule has 2 unspecified atom stereocenters. The molecule has 1 aromatic carbocycles. The summed E-state index contributed by atoms with van der Waals surface area (Å²) in [5, 5.41) is 27.0. The molecule has 0 spiro atoms. The Balaban J connectivity index is 2.30. The van der Waals surface area contributed by atoms with Crippen LogP contribution in [-0.4, -0.2) is 56.6 Å². The molecule has 1 aliphatic heterocycles. The number of hydrogen-bond donors (Lipinski definition) is 3. The lowest BCUT2D eigenvalue weighted by Crippen LogP contribution is -2.40. The van der Waals surface area contributed by atoms with Crippen LogP contribution in [0.1, 0.15) is 27.1 Å². The van der Waals surface area contributed by atoms with E-state index in [1.807, 2.05) is 0 Å². The van der Waals surface area contributed by atoms with E-state index in [-0.39, 0.29) is 24.1 Å². The van der Waals surface area contributed by atoms with Crippen LogP contribution >= 0.6 is 0 Å². The summed E-state index contributed by atoms with van der Waals surface area (Å²) in [5.74, 6) is -5.31. The molecule has 8 heteroatoms. The minimum absolute atomic E-state index is 0.0113. The summed E-state index contributed by atoms with van der Waals surface area (Å²) in [5.41, 5.74) is -0.0936. The van der Waals surface area contributed by atoms with Gasteiger partial charge in [-0.15, -0.1) is 0 Å². The molecule has 0 radical (unpaired) electrons. The highest BCUT2D eigenvalue weighted by Gasteiger charge is 2.42. The SMILES string of the molecule is O=C(O)c1cccc(C(=O)N2CC(C(=O)O)CC2C(=O)O)c1. The first-order valence-corrected chi connectivity index (χ1v) is 6.41. The molecule has 0 saturated carbocycles. The highest BCUT2D eigenvalue weighted by Crippen LogP contribution is 2.26. The van der Waals surface area contributed by atoms with Gasteiger partial charge in [-0.3, -0.25) is 9.59 Å². The van der Waals surface area contributed by atoms with Crippen molar-refractivity contribution in [3.8, 4) is 0 Å². The van der Waals surface area contributed by atoms with Gasteiger partial charge in [-0.25, -0.2) is 9.59 Å². The van der Waals surface area contributed by atoms with Gasteiger partial charge >= 0.3 is 17.9 Å². The number of nitrogens with zero attached hydrogens (tertiary/aromatic N) is 1. The highest BCUT2D eigenvalue weighted by molar-refractivity contribution is 5.99. The number of aliphatic carboxylic acids is 2. The van der Waals surface area contributed by atoms with Crippen molar-refractivity contribution in [2.45, 2.75) is 12.5 Å². The number of benzene rings is 1. The van der Waals surface area contributed by atoms with Crippen LogP contribution in [0.4, 0.5) is 0 Å². The predicted octanol–water partition coefficient (Wildman–Crippen LogP) is 0.385. The lowest BCUT2D eigenvalue weighted by atomic mass is 10.1. The molecule has 116 valence electrons. The molecule has 2 rings (SSSR count). The second-order valence-corrected chi connectivity index (χ2v) is 4.97. The van der Waals surface area contributed by atoms with Crippen LogP contribution in [0.2, 0.25) is 0 Å². The smallest absolute Gasteiger partial charge is 0.335 e. The van der Waals surface area contributed by atoms with Gasteiger partial charge in [-0.2, -0.15) is 0 Å². The van der Waals surface area contributed by atoms with E-state index < -0.39 is 35.8 Å². The van der Waals surface area contributed by atoms with Crippen LogP contribution in [0.25, 0.3) is 0 Å². The van der Waals surface area contributed by atoms with Gasteiger partial charge in [0, 0.05) is 12.1 Å². The van der Waals surface area contributed by atoms with Gasteiger partial charge in [0.25, 0.3) is 5.91 Å². The summed E-state index contributed by atoms with van der Waals surface area (Å²) in [6.45, 7) is -0.220. The van der Waals surface area contributed by atoms with Crippen LogP contribution < -0.4 is 0 Å². The summed E-state index contributed by atoms with van der Waals surface area (Å²) in [7, 11) is 0. The zero-order chi connectivity index (χ0) is 16.4. The molecular weight excluding hydrogens is 294 g/mol. The maximum Gasteiger partial charge on any atom is 0.335 e. The van der Waals surface area contributed by atoms with Crippen molar-refractivity contribution in [3.63, 3.8) is 0 Å². The molecule has 1 saturated heterocycles. The molecular formula is C14H13NO7. The maximum atomic E-state index is 12.4. The first-order chi connectivity index (χ1) is 10.3. The van der Waals surface area contributed by atoms with Gasteiger partial charge < -0.3 is 20.2 Å². The number of carbonyl (C=O) groups is 4. The van der Waals surface area contributed by atoms with E-state index in [2.05, 4.69) is 0 Å². The van der Waals surface area contributed by atoms with Gasteiger partial charge in [0.1, 0.15) is 6.04 Å². The summed E-state index contributed by atoms with van der Waals surface area (Å²) in [6, 6.07) is 3.94. The van der Waals surface area contributed by atoms with Crippen molar-refractivity contribution in [2.75, 3.05) is 6.54 Å². The summed E-state index contributed by atoms with van der Waals surface area (Å²) in [4.78, 5) is 46.5. The van der Waals surface area contributed by atoms with Gasteiger partial charge in [-0.05, 0) is 24.6 Å². The topological polar surface area (TPSA) is 132 Å². The van der Waals surface area contributed by atoms with Gasteiger partial charge in [0.15, 0.2) is 0 Å². The van der Waals surface area contributed by atoms with Crippen LogP contribution in [0.3, 0.4) is 0 Å². The first kappa shape index (κ1) is 15.5. The lowest BCUT2D eigenvalue weighted by Gasteiger charge is -2.21. The Labute approximate surface area is 124 Å². The number of carboxylic acid groups (broad SMARTS) is 3. The third kappa shape index (κ3) is 2.90. The zero-order valence-electron chi connectivity index (χ0n) is 11.3. The normalized spacial score (nSPS) is 20.6. The van der Waals surface area contributed by atoms with Crippen LogP contribution in [0.5, 0.6) is 0 Å². The molecule has 1 aliphatic rings. The average molecular weight is 307 g/mol. The third-order valence-corrected chi connectivity index (χ3v) is 3.55. The molecule has 3 N–H and O–H groups in total. The Bertz CT molecular complexity index is 654. The number of carboxylic acids is 3. The Morgan fingerprint density at radius 1 is 1.00 bits per heavy atom. The Morgan fingerprint density at radius 2 is 1.64 bits per heavy atom. The molecule has 1 aromatic rings. The summed E-state index contributed by atoms with van der Waals surface area (Å²) < 4.78 is 0. The number of carbonyl (C=O) groups excluding carboxylic acids is 1. The van der Waals surface area contributed by atoms with Crippen molar-refractivity contribution in [1.82, 2.24) is 4.90 Å². The minimum Gasteiger partial charge on any atom is -0.481 e. The quantitative estimate of drug-likeness (QED) is 0.732. The largest absolute Gasteiger partial charge is 0.481 e. The van der Waals surface area contributed by atoms with E-state index in [0.717, 1.165) is 11.0 Å². The van der Waals surface area contributed by atoms with Gasteiger partial charge in [-0.1, -0.05) is 6.07 Å². The van der Waals surface area contributed by atoms with E-state index in [0.29, 0.717) is 0 Å². The number of amides is 1. The molecule has 0 aromatic heterocycles. The van der Waals surface area contributed by atoms with E-state index in [1.54, 1.807) is 0 Å². The summed E-state index contributed by atoms with van der Waals surface area (Å²) in [6.07, 6.45) is -0.172. The van der Waals surface area contributed by atoms with Gasteiger partial charge in [0.2, 0.25) is 0 Å². The fourth-order valence-corrected chi connectivity index (χ4v) is 2.42. The van der Waals surface area contributed by atoms with Crippen LogP contribution in [-0.2, 0) is 9.59 Å². The second kappa shape index (κ2) is 5.84. The van der Waals surface area contributed by atoms with E-state index in [1.165, 1.54) is 18.2 Å². The van der Waals surface area contributed by atoms with Crippen molar-refractivity contribution >= 4 is 23.8 Å². The predicted molar refractivity (Wildman–Crippen MR) is 71.6 cm³/mol. The van der Waals surface area contributed by atoms with Gasteiger partial charge in [0.05, 0.1) is 11.5 Å². The van der Waals surface area contributed by atoms with Crippen molar-refractivity contribution in [3.05, 3.63) is 35.4 Å². The molecule has 2 atom stereocenters. The standard InChI is InChI=1S/C14H13NO7/c16-11(7-2-1-3-8(4-7)12(17)18)15-6-9(13(19)20)5-10(15)14(21)22/h1-4,9-10H,5-6H2,(H,17,18)(H,19,20)(H,21,22). The van der Waals surface area contributed by atoms with Crippen molar-refractivity contribution < 1.29 is 34.5 Å². The van der Waals surface area contributed by atoms with E-state index >= 15 is 0 Å². The van der Waals surface area contributed by atoms with E-state index in [9.17, 15) is 19.2 Å². The highest BCUT2D eigenvalue weighted by atomic mass is 16.4. The fraction of sp³-hybridized carbons (Fsp3) is 0.286. The van der Waals surface area contributed by atoms with Crippen molar-refractivity contribution in [2.24, 2.45) is 5.92 Å². The second-order valence-electron chi connectivity index (χ2n) is 4.97. The average Bonchev–Trinajstić information content (AvgIpc) is 2.92. The van der Waals surface area contributed by atoms with Crippen LogP contribution in [0, 0.1) is 5.92 Å². The number of aromatic carboxylic acids is 1. The molecule has 0 bridgehead atoms. The third-order valence-electron chi connectivity index (χ3n) is 3.55. The number of rotatable bonds is 4. The Kier molecular flexibility index (Phi) is 4.11. The Hall–Kier alpha value is -2.90. The molecule has 22 heavy (non-hydrogen) atoms. The van der Waals surface area contributed by atoms with Crippen molar-refractivity contribution in [1.29, 1.82) is 0 Å². The molecule has 1 heterocycles. The number of hydrogen-bond acceptors (Lipinski definition) is 4.